The van der Waals surface area contributed by atoms with E-state index in [0.717, 1.165) is 0 Å². The predicted molar refractivity (Wildman–Crippen MR) is 31.4 cm³/mol. The molecule has 0 aliphatic heterocycles. The second-order valence-corrected chi connectivity index (χ2v) is 3.30. The molecule has 0 aliphatic rings. The second-order valence-electron chi connectivity index (χ2n) is 0.951. The van der Waals surface area contributed by atoms with Crippen molar-refractivity contribution in [2.75, 3.05) is 0 Å². The van der Waals surface area contributed by atoms with Crippen LogP contribution in [0.1, 0.15) is 0 Å². The summed E-state index contributed by atoms with van der Waals surface area (Å²) >= 11 is 0. The molecule has 0 rings (SSSR count). The quantitative estimate of drug-likeness (QED) is 0.226. The van der Waals surface area contributed by atoms with Crippen LogP contribution in [0.5, 0.6) is 0 Å². The monoisotopic (exact) mass is 217 g/mol. The topological polar surface area (TPSA) is 162 Å². The maximum atomic E-state index is 9.43. The molecular formula is H4MgNO7PS. The van der Waals surface area contributed by atoms with Gasteiger partial charge < -0.3 is 20.5 Å². The Hall–Kier alpha value is 0.746. The van der Waals surface area contributed by atoms with E-state index in [1.54, 1.807) is 0 Å². The van der Waals surface area contributed by atoms with Gasteiger partial charge in [-0.15, -0.1) is 0 Å². The molecule has 0 amide bonds. The number of hydrogen-bond donors (Lipinski definition) is 2. The molecule has 4 N–H and O–H groups in total. The largest absolute Gasteiger partial charge is 2.00 e. The van der Waals surface area contributed by atoms with Gasteiger partial charge in [-0.2, -0.15) is 0 Å². The number of hydrogen-bond acceptors (Lipinski definition) is 7. The van der Waals surface area contributed by atoms with Crippen molar-refractivity contribution in [1.29, 1.82) is 0 Å². The van der Waals surface area contributed by atoms with Crippen molar-refractivity contribution < 1.29 is 31.3 Å². The van der Waals surface area contributed by atoms with Gasteiger partial charge in [0.15, 0.2) is 0 Å². The molecule has 1 atom stereocenters. The van der Waals surface area contributed by atoms with E-state index in [4.69, 9.17) is 4.89 Å². The Balaban J connectivity index is -0.000000320. The molecule has 0 heterocycles. The van der Waals surface area contributed by atoms with Crippen molar-refractivity contribution in [3.05, 3.63) is 0 Å². The summed E-state index contributed by atoms with van der Waals surface area (Å²) in [5.74, 6) is 0. The van der Waals surface area contributed by atoms with Gasteiger partial charge in [0.05, 0.1) is 0 Å². The van der Waals surface area contributed by atoms with E-state index < -0.39 is 18.2 Å². The Labute approximate surface area is 78.9 Å². The molecule has 0 aromatic heterocycles. The third-order valence-corrected chi connectivity index (χ3v) is 1.67. The average molecular weight is 217 g/mol. The van der Waals surface area contributed by atoms with Gasteiger partial charge in [-0.1, -0.05) is 0 Å². The molecule has 0 bridgehead atoms. The molecule has 0 spiro atoms. The van der Waals surface area contributed by atoms with E-state index in [9.17, 15) is 22.4 Å². The standard InChI is InChI=1S/Mg.H3N.H3O7PS/c;;1-8(2,3)7-9(4,5)6/h;1H3;(H2,1,2,3)(H,4,5,6)/q+2;;/p-2. The predicted octanol–water partition coefficient (Wildman–Crippen LogP) is -2.29. The average Bonchev–Trinajstić information content (AvgIpc) is 1.14. The zero-order valence-electron chi connectivity index (χ0n) is 5.17. The SMILES string of the molecule is N.O=P([O-])(O)OS(=O)(=O)[O-].[Mg+2]. The Morgan fingerprint density at radius 3 is 1.73 bits per heavy atom. The van der Waals surface area contributed by atoms with Crippen molar-refractivity contribution in [2.45, 2.75) is 0 Å². The van der Waals surface area contributed by atoms with Gasteiger partial charge in [0, 0.05) is 0 Å². The maximum Gasteiger partial charge on any atom is 2.00 e. The molecule has 64 valence electrons. The molecule has 0 aliphatic carbocycles. The van der Waals surface area contributed by atoms with Crippen LogP contribution < -0.4 is 11.0 Å². The fraction of sp³-hybridized carbons (Fsp3) is 0. The molecule has 0 aromatic rings. The van der Waals surface area contributed by atoms with Gasteiger partial charge in [-0.25, -0.2) is 12.4 Å². The van der Waals surface area contributed by atoms with Gasteiger partial charge in [0.2, 0.25) is 10.4 Å². The first-order chi connectivity index (χ1) is 3.71. The van der Waals surface area contributed by atoms with Crippen LogP contribution in [0.2, 0.25) is 0 Å². The fourth-order valence-corrected chi connectivity index (χ4v) is 1.04. The molecule has 0 radical (unpaired) electrons. The second kappa shape index (κ2) is 5.40. The first-order valence-electron chi connectivity index (χ1n) is 1.41. The third-order valence-electron chi connectivity index (χ3n) is 0.185. The van der Waals surface area contributed by atoms with Crippen LogP contribution in [-0.4, -0.2) is 40.9 Å². The zero-order chi connectivity index (χ0) is 7.71. The van der Waals surface area contributed by atoms with Gasteiger partial charge in [-0.05, 0) is 0 Å². The third kappa shape index (κ3) is 18.1. The molecule has 0 fully saturated rings. The van der Waals surface area contributed by atoms with E-state index in [2.05, 4.69) is 3.97 Å². The van der Waals surface area contributed by atoms with E-state index in [-0.39, 0.29) is 29.2 Å². The minimum Gasteiger partial charge on any atom is -0.756 e. The Bertz CT molecular complexity index is 225. The van der Waals surface area contributed by atoms with Crippen LogP contribution in [0, 0.1) is 0 Å². The minimum absolute atomic E-state index is 0. The maximum absolute atomic E-state index is 9.43. The zero-order valence-corrected chi connectivity index (χ0v) is 8.29. The van der Waals surface area contributed by atoms with Crippen LogP contribution in [0.25, 0.3) is 0 Å². The smallest absolute Gasteiger partial charge is 0.756 e. The van der Waals surface area contributed by atoms with Crippen molar-refractivity contribution in [3.63, 3.8) is 0 Å². The summed E-state index contributed by atoms with van der Waals surface area (Å²) in [4.78, 5) is 17.0. The molecule has 11 heavy (non-hydrogen) atoms. The molecular weight excluding hydrogens is 213 g/mol. The van der Waals surface area contributed by atoms with E-state index in [1.807, 2.05) is 0 Å². The van der Waals surface area contributed by atoms with E-state index in [0.29, 0.717) is 0 Å². The summed E-state index contributed by atoms with van der Waals surface area (Å²) in [6, 6.07) is 0. The molecule has 8 nitrogen and oxygen atoms in total. The van der Waals surface area contributed by atoms with Crippen LogP contribution in [-0.2, 0) is 18.9 Å². The fourth-order valence-electron chi connectivity index (χ4n) is 0.115. The van der Waals surface area contributed by atoms with Crippen molar-refractivity contribution in [1.82, 2.24) is 6.15 Å². The summed E-state index contributed by atoms with van der Waals surface area (Å²) in [7, 11) is -10.8. The van der Waals surface area contributed by atoms with E-state index >= 15 is 0 Å². The van der Waals surface area contributed by atoms with Crippen LogP contribution in [0.3, 0.4) is 0 Å². The number of phosphoric acid groups is 1. The van der Waals surface area contributed by atoms with Gasteiger partial charge in [-0.3, -0.25) is 4.57 Å². The van der Waals surface area contributed by atoms with E-state index in [1.165, 1.54) is 0 Å². The van der Waals surface area contributed by atoms with Crippen LogP contribution in [0.15, 0.2) is 0 Å². The summed E-state index contributed by atoms with van der Waals surface area (Å²) in [6.07, 6.45) is 0. The summed E-state index contributed by atoms with van der Waals surface area (Å²) in [6.45, 7) is 0. The first kappa shape index (κ1) is 17.7. The Kier molecular flexibility index (Phi) is 8.71. The summed E-state index contributed by atoms with van der Waals surface area (Å²) in [5, 5.41) is 0. The first-order valence-corrected chi connectivity index (χ1v) is 4.24. The normalized spacial score (nSPS) is 15.5. The van der Waals surface area contributed by atoms with Crippen molar-refractivity contribution in [2.24, 2.45) is 0 Å². The Morgan fingerprint density at radius 2 is 1.73 bits per heavy atom. The van der Waals surface area contributed by atoms with Gasteiger partial charge in [0.25, 0.3) is 7.82 Å². The molecule has 1 unspecified atom stereocenters. The van der Waals surface area contributed by atoms with Crippen LogP contribution in [0.4, 0.5) is 0 Å². The minimum atomic E-state index is -5.44. The van der Waals surface area contributed by atoms with Gasteiger partial charge >= 0.3 is 23.1 Å². The van der Waals surface area contributed by atoms with Crippen molar-refractivity contribution >= 4 is 41.3 Å². The summed E-state index contributed by atoms with van der Waals surface area (Å²) < 4.78 is 40.0. The van der Waals surface area contributed by atoms with Crippen LogP contribution >= 0.6 is 7.82 Å². The van der Waals surface area contributed by atoms with Crippen molar-refractivity contribution in [3.8, 4) is 0 Å². The molecule has 0 aromatic carbocycles. The van der Waals surface area contributed by atoms with Gasteiger partial charge in [0.1, 0.15) is 0 Å². The molecule has 0 saturated carbocycles. The number of rotatable bonds is 2. The summed E-state index contributed by atoms with van der Waals surface area (Å²) in [5.41, 5.74) is 0. The Morgan fingerprint density at radius 1 is 1.45 bits per heavy atom. The molecule has 0 saturated heterocycles. The molecule has 11 heteroatoms.